The third-order valence-electron chi connectivity index (χ3n) is 4.89. The van der Waals surface area contributed by atoms with Gasteiger partial charge in [-0.1, -0.05) is 29.2 Å². The van der Waals surface area contributed by atoms with Gasteiger partial charge < -0.3 is 10.6 Å². The lowest BCUT2D eigenvalue weighted by molar-refractivity contribution is 0.164. The molecule has 0 spiro atoms. The standard InChI is InChI=1S/C21H30ClN5S/c1-13-7-8-15(10-17(13)22)24-19(27-18(23)9-14(2)28-27)25-16-11-20(3,4)26-21(5,6)12-16/h7-10,16,23,26H,11-12H2,1-6H3,(H,24,25). The Morgan fingerprint density at radius 1 is 1.21 bits per heavy atom. The van der Waals surface area contributed by atoms with E-state index in [0.717, 1.165) is 29.0 Å². The molecule has 1 fully saturated rings. The van der Waals surface area contributed by atoms with E-state index in [1.54, 1.807) is 0 Å². The van der Waals surface area contributed by atoms with Crippen molar-refractivity contribution in [2.75, 3.05) is 5.32 Å². The lowest BCUT2D eigenvalue weighted by Gasteiger charge is -2.45. The second-order valence-electron chi connectivity index (χ2n) is 9.02. The molecule has 2 aromatic rings. The Morgan fingerprint density at radius 3 is 2.39 bits per heavy atom. The number of hydrogen-bond donors (Lipinski definition) is 3. The number of piperidine rings is 1. The molecular formula is C21H30ClN5S. The SMILES string of the molecule is Cc1cc(=N)n(C(=NC2CC(C)(C)NC(C)(C)C2)Nc2ccc(C)c(Cl)c2)s1. The number of rotatable bonds is 2. The Labute approximate surface area is 176 Å². The van der Waals surface area contributed by atoms with Gasteiger partial charge in [0.05, 0.1) is 6.04 Å². The van der Waals surface area contributed by atoms with E-state index in [1.165, 1.54) is 11.5 Å². The summed E-state index contributed by atoms with van der Waals surface area (Å²) >= 11 is 7.84. The van der Waals surface area contributed by atoms with Crippen LogP contribution in [0.5, 0.6) is 0 Å². The largest absolute Gasteiger partial charge is 0.325 e. The first-order chi connectivity index (χ1) is 12.9. The molecule has 1 aliphatic heterocycles. The molecule has 28 heavy (non-hydrogen) atoms. The lowest BCUT2D eigenvalue weighted by atomic mass is 9.80. The monoisotopic (exact) mass is 419 g/mol. The van der Waals surface area contributed by atoms with Gasteiger partial charge in [0, 0.05) is 26.7 Å². The van der Waals surface area contributed by atoms with Gasteiger partial charge in [-0.05, 0) is 78.1 Å². The maximum Gasteiger partial charge on any atom is 0.218 e. The number of halogens is 1. The van der Waals surface area contributed by atoms with Gasteiger partial charge in [0.1, 0.15) is 5.49 Å². The van der Waals surface area contributed by atoms with Crippen LogP contribution in [0.15, 0.2) is 29.3 Å². The number of hydrogen-bond acceptors (Lipinski definition) is 4. The van der Waals surface area contributed by atoms with Crippen LogP contribution in [0.25, 0.3) is 0 Å². The molecule has 2 heterocycles. The minimum absolute atomic E-state index is 0.00796. The lowest BCUT2D eigenvalue weighted by Crippen LogP contribution is -2.59. The maximum absolute atomic E-state index is 8.35. The van der Waals surface area contributed by atoms with Crippen molar-refractivity contribution in [1.82, 2.24) is 9.27 Å². The Hall–Kier alpha value is -1.63. The zero-order valence-corrected chi connectivity index (χ0v) is 19.1. The third-order valence-corrected chi connectivity index (χ3v) is 6.25. The van der Waals surface area contributed by atoms with Crippen LogP contribution in [0, 0.1) is 19.3 Å². The molecule has 1 aliphatic rings. The topological polar surface area (TPSA) is 65.2 Å². The van der Waals surface area contributed by atoms with Gasteiger partial charge >= 0.3 is 0 Å². The summed E-state index contributed by atoms with van der Waals surface area (Å²) in [5.74, 6) is 0.682. The summed E-state index contributed by atoms with van der Waals surface area (Å²) in [4.78, 5) is 6.17. The van der Waals surface area contributed by atoms with Gasteiger partial charge in [0.15, 0.2) is 0 Å². The van der Waals surface area contributed by atoms with Crippen molar-refractivity contribution in [3.63, 3.8) is 0 Å². The first kappa shape index (κ1) is 21.1. The summed E-state index contributed by atoms with van der Waals surface area (Å²) in [6.07, 6.45) is 1.88. The fourth-order valence-electron chi connectivity index (χ4n) is 4.10. The van der Waals surface area contributed by atoms with E-state index in [2.05, 4.69) is 38.3 Å². The molecule has 0 radical (unpaired) electrons. The highest BCUT2D eigenvalue weighted by atomic mass is 35.5. The number of aliphatic imine (C=N–C) groups is 1. The zero-order chi connectivity index (χ0) is 20.7. The third kappa shape index (κ3) is 5.04. The summed E-state index contributed by atoms with van der Waals surface area (Å²) in [7, 11) is 0. The van der Waals surface area contributed by atoms with E-state index in [4.69, 9.17) is 22.0 Å². The van der Waals surface area contributed by atoms with Crippen LogP contribution in [-0.2, 0) is 0 Å². The molecule has 152 valence electrons. The molecule has 0 bridgehead atoms. The van der Waals surface area contributed by atoms with Crippen LogP contribution >= 0.6 is 23.1 Å². The molecule has 7 heteroatoms. The molecule has 0 atom stereocenters. The molecule has 0 saturated carbocycles. The molecule has 1 aromatic carbocycles. The molecule has 1 saturated heterocycles. The Kier molecular flexibility index (Phi) is 5.76. The second kappa shape index (κ2) is 7.65. The smallest absolute Gasteiger partial charge is 0.218 e. The van der Waals surface area contributed by atoms with Crippen LogP contribution in [-0.4, -0.2) is 27.0 Å². The summed E-state index contributed by atoms with van der Waals surface area (Å²) in [5, 5.41) is 16.2. The summed E-state index contributed by atoms with van der Waals surface area (Å²) in [6.45, 7) is 12.9. The molecule has 5 nitrogen and oxygen atoms in total. The van der Waals surface area contributed by atoms with E-state index >= 15 is 0 Å². The van der Waals surface area contributed by atoms with Crippen molar-refractivity contribution >= 4 is 34.8 Å². The van der Waals surface area contributed by atoms with E-state index < -0.39 is 0 Å². The van der Waals surface area contributed by atoms with Crippen molar-refractivity contribution in [3.8, 4) is 0 Å². The highest BCUT2D eigenvalue weighted by Gasteiger charge is 2.37. The van der Waals surface area contributed by atoms with E-state index in [9.17, 15) is 0 Å². The van der Waals surface area contributed by atoms with Gasteiger partial charge in [-0.3, -0.25) is 5.41 Å². The molecular weight excluding hydrogens is 390 g/mol. The Bertz CT molecular complexity index is 938. The first-order valence-corrected chi connectivity index (χ1v) is 10.7. The quantitative estimate of drug-likeness (QED) is 0.477. The summed E-state index contributed by atoms with van der Waals surface area (Å²) < 4.78 is 1.85. The second-order valence-corrected chi connectivity index (χ2v) is 10.6. The van der Waals surface area contributed by atoms with Crippen LogP contribution in [0.1, 0.15) is 51.0 Å². The zero-order valence-electron chi connectivity index (χ0n) is 17.5. The molecule has 3 rings (SSSR count). The first-order valence-electron chi connectivity index (χ1n) is 9.59. The number of anilines is 1. The van der Waals surface area contributed by atoms with Gasteiger partial charge in [-0.2, -0.15) is 0 Å². The Morgan fingerprint density at radius 2 is 1.86 bits per heavy atom. The molecule has 0 unspecified atom stereocenters. The minimum Gasteiger partial charge on any atom is -0.325 e. The van der Waals surface area contributed by atoms with Gasteiger partial charge in [0.25, 0.3) is 0 Å². The highest BCUT2D eigenvalue weighted by Crippen LogP contribution is 2.30. The summed E-state index contributed by atoms with van der Waals surface area (Å²) in [5.41, 5.74) is 2.36. The fraction of sp³-hybridized carbons (Fsp3) is 0.524. The molecule has 0 amide bonds. The van der Waals surface area contributed by atoms with Gasteiger partial charge in [-0.15, -0.1) is 0 Å². The van der Waals surface area contributed by atoms with E-state index in [0.29, 0.717) is 16.5 Å². The number of aromatic nitrogens is 1. The minimum atomic E-state index is 0.00796. The predicted octanol–water partition coefficient (Wildman–Crippen LogP) is 4.92. The van der Waals surface area contributed by atoms with Crippen molar-refractivity contribution in [3.05, 3.63) is 45.2 Å². The summed E-state index contributed by atoms with van der Waals surface area (Å²) in [6, 6.07) is 7.92. The van der Waals surface area contributed by atoms with Crippen LogP contribution in [0.3, 0.4) is 0 Å². The fourth-order valence-corrected chi connectivity index (χ4v) is 5.06. The number of nitrogens with zero attached hydrogens (tertiary/aromatic N) is 2. The predicted molar refractivity (Wildman–Crippen MR) is 120 cm³/mol. The van der Waals surface area contributed by atoms with Crippen LogP contribution < -0.4 is 16.1 Å². The maximum atomic E-state index is 8.35. The van der Waals surface area contributed by atoms with Crippen molar-refractivity contribution in [2.24, 2.45) is 4.99 Å². The van der Waals surface area contributed by atoms with Crippen molar-refractivity contribution in [2.45, 2.75) is 71.5 Å². The highest BCUT2D eigenvalue weighted by molar-refractivity contribution is 7.07. The number of benzene rings is 1. The normalized spacial score (nSPS) is 19.6. The van der Waals surface area contributed by atoms with Crippen LogP contribution in [0.2, 0.25) is 5.02 Å². The Balaban J connectivity index is 2.00. The van der Waals surface area contributed by atoms with Crippen molar-refractivity contribution in [1.29, 1.82) is 5.41 Å². The van der Waals surface area contributed by atoms with E-state index in [-0.39, 0.29) is 17.1 Å². The van der Waals surface area contributed by atoms with Crippen LogP contribution in [0.4, 0.5) is 5.69 Å². The average Bonchev–Trinajstić information content (AvgIpc) is 2.86. The number of aryl methyl sites for hydroxylation is 2. The molecule has 1 aromatic heterocycles. The molecule has 0 aliphatic carbocycles. The van der Waals surface area contributed by atoms with Gasteiger partial charge in [0.2, 0.25) is 5.96 Å². The average molecular weight is 420 g/mol. The molecule has 3 N–H and O–H groups in total. The van der Waals surface area contributed by atoms with Crippen molar-refractivity contribution < 1.29 is 0 Å². The number of nitrogens with one attached hydrogen (secondary N) is 3. The van der Waals surface area contributed by atoms with Gasteiger partial charge in [-0.25, -0.2) is 8.95 Å². The van der Waals surface area contributed by atoms with E-state index in [1.807, 2.05) is 42.1 Å².